The van der Waals surface area contributed by atoms with E-state index in [4.69, 9.17) is 61.5 Å². The fraction of sp³-hybridized carbons (Fsp3) is 0.333. The van der Waals surface area contributed by atoms with Crippen molar-refractivity contribution in [3.8, 4) is 46.3 Å². The van der Waals surface area contributed by atoms with Gasteiger partial charge in [-0.05, 0) is 78.4 Å². The summed E-state index contributed by atoms with van der Waals surface area (Å²) < 4.78 is 36.8. The summed E-state index contributed by atoms with van der Waals surface area (Å²) in [6, 6.07) is 26.6. The van der Waals surface area contributed by atoms with Crippen LogP contribution in [0.25, 0.3) is 11.1 Å². The number of carboxylic acids is 1. The summed E-state index contributed by atoms with van der Waals surface area (Å²) in [6.45, 7) is 14.6. The van der Waals surface area contributed by atoms with E-state index < -0.39 is 12.0 Å². The molecule has 392 valence electrons. The normalized spacial score (nSPS) is 15.4. The van der Waals surface area contributed by atoms with Crippen molar-refractivity contribution in [3.05, 3.63) is 163 Å². The van der Waals surface area contributed by atoms with Crippen molar-refractivity contribution in [2.24, 2.45) is 0 Å². The Balaban J connectivity index is 0.00000176. The molecule has 75 heavy (non-hydrogen) atoms. The van der Waals surface area contributed by atoms with Gasteiger partial charge in [0.05, 0.1) is 47.6 Å². The number of morpholine rings is 2. The van der Waals surface area contributed by atoms with Gasteiger partial charge in [0, 0.05) is 91.4 Å². The molecule has 18 heteroatoms. The molecule has 16 nitrogen and oxygen atoms in total. The van der Waals surface area contributed by atoms with Crippen molar-refractivity contribution in [1.29, 1.82) is 10.5 Å². The first-order valence-corrected chi connectivity index (χ1v) is 25.1. The number of benzene rings is 4. The average Bonchev–Trinajstić information content (AvgIpc) is 3.42. The molecule has 2 aromatic heterocycles. The van der Waals surface area contributed by atoms with Gasteiger partial charge in [0.1, 0.15) is 67.6 Å². The van der Waals surface area contributed by atoms with Gasteiger partial charge in [-0.3, -0.25) is 29.4 Å². The standard InChI is InChI=1S/C54H52Cl2N6O8.C2H6.CH2O2/c1-34-28-65-12-10-61(34)26-43-16-47(55)52(18-50(43)67-29-39-14-37(20-57)22-59-24-39)69-31-41-6-4-8-45(35(41)2)46-9-5-7-42(36(46)3)32-70-53-19-51(68-30-40-15-38(21-58)23-60-25-40)44(17-48(53)56)27-62-11-13-66-33-49(62)54(63)64;1-2;2-1-3/h4-9,14-19,22-25,34,49H,10-13,26-33H2,1-3H3,(H,63,64);1-2H3;1H,(H,2,3). The Hall–Kier alpha value is -7.28. The van der Waals surface area contributed by atoms with Gasteiger partial charge in [-0.1, -0.05) is 73.4 Å². The van der Waals surface area contributed by atoms with Gasteiger partial charge in [-0.15, -0.1) is 0 Å². The molecule has 0 spiro atoms. The maximum absolute atomic E-state index is 12.1. The predicted octanol–water partition coefficient (Wildman–Crippen LogP) is 10.4. The molecule has 0 bridgehead atoms. The molecule has 2 unspecified atom stereocenters. The van der Waals surface area contributed by atoms with Crippen LogP contribution in [0.2, 0.25) is 10.0 Å². The van der Waals surface area contributed by atoms with Crippen molar-refractivity contribution in [1.82, 2.24) is 19.8 Å². The molecule has 2 N–H and O–H groups in total. The second-order valence-electron chi connectivity index (χ2n) is 17.4. The Morgan fingerprint density at radius 1 is 0.680 bits per heavy atom. The van der Waals surface area contributed by atoms with E-state index in [2.05, 4.69) is 59.9 Å². The number of aromatic nitrogens is 2. The summed E-state index contributed by atoms with van der Waals surface area (Å²) in [4.78, 5) is 33.0. The molecular weight excluding hydrogens is 1000 g/mol. The number of aliphatic carboxylic acids is 1. The number of carbonyl (C=O) groups is 2. The molecule has 0 amide bonds. The minimum absolute atomic E-state index is 0.0700. The van der Waals surface area contributed by atoms with Gasteiger partial charge in [-0.2, -0.15) is 10.5 Å². The summed E-state index contributed by atoms with van der Waals surface area (Å²) in [6.07, 6.45) is 6.32. The van der Waals surface area contributed by atoms with Crippen LogP contribution in [0.1, 0.15) is 76.4 Å². The topological polar surface area (TPSA) is 210 Å². The third-order valence-corrected chi connectivity index (χ3v) is 13.2. The predicted molar refractivity (Wildman–Crippen MR) is 283 cm³/mol. The van der Waals surface area contributed by atoms with Gasteiger partial charge in [0.2, 0.25) is 0 Å². The van der Waals surface area contributed by atoms with Crippen LogP contribution in [0.5, 0.6) is 23.0 Å². The fourth-order valence-corrected chi connectivity index (χ4v) is 9.01. The lowest BCUT2D eigenvalue weighted by molar-refractivity contribution is -0.150. The van der Waals surface area contributed by atoms with Crippen LogP contribution >= 0.6 is 23.2 Å². The third-order valence-electron chi connectivity index (χ3n) is 12.6. The maximum Gasteiger partial charge on any atom is 0.323 e. The highest BCUT2D eigenvalue weighted by atomic mass is 35.5. The Bertz CT molecular complexity index is 3000. The van der Waals surface area contributed by atoms with Crippen molar-refractivity contribution in [3.63, 3.8) is 0 Å². The summed E-state index contributed by atoms with van der Waals surface area (Å²) in [5, 5.41) is 36.5. The van der Waals surface area contributed by atoms with Crippen molar-refractivity contribution >= 4 is 35.6 Å². The molecule has 6 aromatic rings. The van der Waals surface area contributed by atoms with Gasteiger partial charge >= 0.3 is 5.97 Å². The lowest BCUT2D eigenvalue weighted by atomic mass is 9.92. The summed E-state index contributed by atoms with van der Waals surface area (Å²) in [5.74, 6) is 0.985. The highest BCUT2D eigenvalue weighted by Gasteiger charge is 2.30. The molecule has 2 aliphatic rings. The number of nitrogens with zero attached hydrogens (tertiary/aromatic N) is 6. The Kier molecular flexibility index (Phi) is 21.6. The molecule has 4 heterocycles. The number of rotatable bonds is 18. The number of carboxylic acid groups (broad SMARTS) is 2. The van der Waals surface area contributed by atoms with Crippen LogP contribution in [0.3, 0.4) is 0 Å². The molecule has 2 atom stereocenters. The number of hydrogen-bond donors (Lipinski definition) is 2. The van der Waals surface area contributed by atoms with Crippen LogP contribution in [0.15, 0.2) is 97.6 Å². The third kappa shape index (κ3) is 15.4. The van der Waals surface area contributed by atoms with E-state index in [-0.39, 0.29) is 52.1 Å². The molecule has 2 saturated heterocycles. The van der Waals surface area contributed by atoms with Crippen molar-refractivity contribution < 1.29 is 48.2 Å². The quantitative estimate of drug-likeness (QED) is 0.0767. The number of ether oxygens (including phenoxy) is 6. The van der Waals surface area contributed by atoms with Gasteiger partial charge in [0.25, 0.3) is 6.47 Å². The maximum atomic E-state index is 12.1. The van der Waals surface area contributed by atoms with Crippen LogP contribution in [0, 0.1) is 36.5 Å². The largest absolute Gasteiger partial charge is 0.488 e. The van der Waals surface area contributed by atoms with E-state index in [0.29, 0.717) is 88.2 Å². The number of hydrogen-bond acceptors (Lipinski definition) is 14. The molecule has 2 fully saturated rings. The summed E-state index contributed by atoms with van der Waals surface area (Å²) in [5.41, 5.74) is 9.97. The van der Waals surface area contributed by atoms with Crippen LogP contribution in [-0.2, 0) is 58.6 Å². The minimum Gasteiger partial charge on any atom is -0.488 e. The zero-order chi connectivity index (χ0) is 53.9. The van der Waals surface area contributed by atoms with Gasteiger partial charge in [0.15, 0.2) is 0 Å². The second kappa shape index (κ2) is 28.4. The van der Waals surface area contributed by atoms with Crippen LogP contribution in [0.4, 0.5) is 0 Å². The Labute approximate surface area is 447 Å². The number of pyridine rings is 2. The van der Waals surface area contributed by atoms with E-state index in [9.17, 15) is 20.4 Å². The van der Waals surface area contributed by atoms with Gasteiger partial charge < -0.3 is 38.6 Å². The second-order valence-corrected chi connectivity index (χ2v) is 18.2. The van der Waals surface area contributed by atoms with Crippen molar-refractivity contribution in [2.75, 3.05) is 39.5 Å². The SMILES string of the molecule is CC.Cc1c(COc2cc(OCc3cncc(C#N)c3)c(CN3CCOCC3C)cc2Cl)cccc1-c1cccc(COc2cc(OCc3cncc(C#N)c3)c(CN3CCOCC3C(=O)O)cc2Cl)c1C.O=CO. The smallest absolute Gasteiger partial charge is 0.323 e. The Morgan fingerprint density at radius 2 is 1.12 bits per heavy atom. The summed E-state index contributed by atoms with van der Waals surface area (Å²) >= 11 is 13.9. The molecule has 8 rings (SSSR count). The highest BCUT2D eigenvalue weighted by molar-refractivity contribution is 6.32. The molecule has 0 radical (unpaired) electrons. The van der Waals surface area contributed by atoms with Crippen molar-refractivity contribution in [2.45, 2.75) is 86.2 Å². The monoisotopic (exact) mass is 1060 g/mol. The molecule has 2 aliphatic heterocycles. The summed E-state index contributed by atoms with van der Waals surface area (Å²) in [7, 11) is 0. The van der Waals surface area contributed by atoms with E-state index in [1.165, 1.54) is 12.4 Å². The number of nitriles is 2. The van der Waals surface area contributed by atoms with Gasteiger partial charge in [-0.25, -0.2) is 0 Å². The molecular formula is C57H60Cl2N6O10. The zero-order valence-corrected chi connectivity index (χ0v) is 44.1. The average molecular weight is 1060 g/mol. The first-order valence-electron chi connectivity index (χ1n) is 24.3. The lowest BCUT2D eigenvalue weighted by Gasteiger charge is -2.33. The minimum atomic E-state index is -0.975. The van der Waals surface area contributed by atoms with Crippen LogP contribution < -0.4 is 18.9 Å². The fourth-order valence-electron chi connectivity index (χ4n) is 8.53. The highest BCUT2D eigenvalue weighted by Crippen LogP contribution is 2.38. The lowest BCUT2D eigenvalue weighted by Crippen LogP contribution is -2.49. The molecule has 4 aromatic carbocycles. The number of halogens is 2. The Morgan fingerprint density at radius 3 is 1.57 bits per heavy atom. The molecule has 0 saturated carbocycles. The van der Waals surface area contributed by atoms with E-state index in [0.717, 1.165) is 51.1 Å². The van der Waals surface area contributed by atoms with E-state index in [1.807, 2.05) is 55.1 Å². The van der Waals surface area contributed by atoms with Crippen LogP contribution in [-0.4, -0.2) is 94.0 Å². The first-order chi connectivity index (χ1) is 36.4. The van der Waals surface area contributed by atoms with E-state index in [1.54, 1.807) is 36.7 Å². The molecule has 0 aliphatic carbocycles. The first kappa shape index (κ1) is 57.0. The van der Waals surface area contributed by atoms with E-state index >= 15 is 0 Å². The zero-order valence-electron chi connectivity index (χ0n) is 42.6.